The molecule has 0 aromatic rings. The maximum atomic E-state index is 2.47. The number of allylic oxidation sites excluding steroid dienone is 4. The third-order valence-corrected chi connectivity index (χ3v) is 3.50. The van der Waals surface area contributed by atoms with Gasteiger partial charge >= 0.3 is 0 Å². The molecule has 1 fully saturated rings. The van der Waals surface area contributed by atoms with E-state index in [4.69, 9.17) is 0 Å². The van der Waals surface area contributed by atoms with E-state index < -0.39 is 0 Å². The Morgan fingerprint density at radius 2 is 2.10 bits per heavy atom. The fraction of sp³-hybridized carbons (Fsp3) is 0.600. The largest absolute Gasteiger partial charge is 0.0845 e. The van der Waals surface area contributed by atoms with Gasteiger partial charge in [-0.25, -0.2) is 0 Å². The molecule has 0 heterocycles. The van der Waals surface area contributed by atoms with Gasteiger partial charge in [-0.1, -0.05) is 23.8 Å². The molecule has 3 aliphatic carbocycles. The lowest BCUT2D eigenvalue weighted by Crippen LogP contribution is -2.26. The van der Waals surface area contributed by atoms with Crippen LogP contribution in [0.25, 0.3) is 0 Å². The molecule has 0 saturated heterocycles. The first-order valence-corrected chi connectivity index (χ1v) is 4.23. The molecule has 0 N–H and O–H groups in total. The van der Waals surface area contributed by atoms with Crippen LogP contribution in [0.4, 0.5) is 0 Å². The Labute approximate surface area is 61.6 Å². The van der Waals surface area contributed by atoms with Crippen LogP contribution in [0.15, 0.2) is 23.8 Å². The zero-order chi connectivity index (χ0) is 6.72. The van der Waals surface area contributed by atoms with Crippen molar-refractivity contribution in [1.29, 1.82) is 0 Å². The number of hydrogen-bond acceptors (Lipinski definition) is 0. The van der Waals surface area contributed by atoms with Gasteiger partial charge in [-0.15, -0.1) is 0 Å². The van der Waals surface area contributed by atoms with Gasteiger partial charge < -0.3 is 0 Å². The summed E-state index contributed by atoms with van der Waals surface area (Å²) in [5, 5.41) is 0. The molecule has 0 spiro atoms. The maximum Gasteiger partial charge on any atom is -0.00740 e. The second-order valence-corrected chi connectivity index (χ2v) is 3.96. The van der Waals surface area contributed by atoms with Crippen LogP contribution in [0.3, 0.4) is 0 Å². The Bertz CT molecular complexity index is 234. The van der Waals surface area contributed by atoms with E-state index in [0.29, 0.717) is 0 Å². The zero-order valence-corrected chi connectivity index (χ0v) is 6.25. The Hall–Kier alpha value is -0.520. The van der Waals surface area contributed by atoms with Crippen molar-refractivity contribution in [2.75, 3.05) is 0 Å². The monoisotopic (exact) mass is 132 g/mol. The fourth-order valence-electron chi connectivity index (χ4n) is 3.02. The molecule has 3 aliphatic rings. The fourth-order valence-corrected chi connectivity index (χ4v) is 3.02. The summed E-state index contributed by atoms with van der Waals surface area (Å²) in [6.45, 7) is 2.29. The molecule has 4 atom stereocenters. The summed E-state index contributed by atoms with van der Waals surface area (Å²) in [6.07, 6.45) is 8.78. The molecule has 10 heavy (non-hydrogen) atoms. The lowest BCUT2D eigenvalue weighted by Gasteiger charge is -2.35. The predicted molar refractivity (Wildman–Crippen MR) is 41.5 cm³/mol. The Morgan fingerprint density at radius 3 is 2.70 bits per heavy atom. The molecule has 0 unspecified atom stereocenters. The highest BCUT2D eigenvalue weighted by atomic mass is 14.5. The first kappa shape index (κ1) is 5.17. The van der Waals surface area contributed by atoms with Gasteiger partial charge in [0.2, 0.25) is 0 Å². The summed E-state index contributed by atoms with van der Waals surface area (Å²) in [4.78, 5) is 0. The van der Waals surface area contributed by atoms with Gasteiger partial charge in [-0.3, -0.25) is 0 Å². The van der Waals surface area contributed by atoms with Crippen LogP contribution >= 0.6 is 0 Å². The van der Waals surface area contributed by atoms with E-state index >= 15 is 0 Å². The quantitative estimate of drug-likeness (QED) is 0.444. The number of hydrogen-bond donors (Lipinski definition) is 0. The van der Waals surface area contributed by atoms with Gasteiger partial charge in [0.1, 0.15) is 0 Å². The van der Waals surface area contributed by atoms with Gasteiger partial charge in [0.05, 0.1) is 0 Å². The van der Waals surface area contributed by atoms with Gasteiger partial charge in [-0.05, 0) is 37.0 Å². The van der Waals surface area contributed by atoms with Crippen molar-refractivity contribution >= 4 is 0 Å². The molecular formula is C10H12. The summed E-state index contributed by atoms with van der Waals surface area (Å²) in [7, 11) is 0. The first-order valence-electron chi connectivity index (χ1n) is 4.23. The Balaban J connectivity index is 2.05. The van der Waals surface area contributed by atoms with Crippen molar-refractivity contribution < 1.29 is 0 Å². The van der Waals surface area contributed by atoms with Crippen molar-refractivity contribution in [2.24, 2.45) is 23.7 Å². The lowest BCUT2D eigenvalue weighted by atomic mass is 9.70. The van der Waals surface area contributed by atoms with Crippen molar-refractivity contribution in [3.05, 3.63) is 23.8 Å². The van der Waals surface area contributed by atoms with E-state index in [1.54, 1.807) is 5.57 Å². The molecule has 1 saturated carbocycles. The highest BCUT2D eigenvalue weighted by molar-refractivity contribution is 5.33. The minimum atomic E-state index is 0.929. The molecule has 2 bridgehead atoms. The number of rotatable bonds is 0. The molecule has 0 radical (unpaired) electrons. The number of fused-ring (bicyclic) bond motifs is 5. The molecular weight excluding hydrogens is 120 g/mol. The van der Waals surface area contributed by atoms with Crippen LogP contribution < -0.4 is 0 Å². The van der Waals surface area contributed by atoms with Crippen LogP contribution in [-0.4, -0.2) is 0 Å². The van der Waals surface area contributed by atoms with E-state index in [2.05, 4.69) is 25.2 Å². The van der Waals surface area contributed by atoms with Crippen LogP contribution in [-0.2, 0) is 0 Å². The molecule has 0 heteroatoms. The highest BCUT2D eigenvalue weighted by Crippen LogP contribution is 2.56. The lowest BCUT2D eigenvalue weighted by molar-refractivity contribution is 0.371. The topological polar surface area (TPSA) is 0 Å². The summed E-state index contributed by atoms with van der Waals surface area (Å²) in [5.74, 6) is 3.78. The molecule has 3 rings (SSSR count). The first-order chi connectivity index (χ1) is 4.86. The molecule has 0 aromatic carbocycles. The average molecular weight is 132 g/mol. The highest BCUT2D eigenvalue weighted by Gasteiger charge is 2.48. The molecule has 0 aliphatic heterocycles. The van der Waals surface area contributed by atoms with Crippen molar-refractivity contribution in [3.8, 4) is 0 Å². The second-order valence-electron chi connectivity index (χ2n) is 3.96. The molecule has 0 nitrogen and oxygen atoms in total. The van der Waals surface area contributed by atoms with E-state index in [0.717, 1.165) is 23.7 Å². The predicted octanol–water partition coefficient (Wildman–Crippen LogP) is 2.38. The van der Waals surface area contributed by atoms with Crippen molar-refractivity contribution in [1.82, 2.24) is 0 Å². The standard InChI is InChI=1S/C10H12/c1-6-4-9-7-2-3-8(5-7)10(6)9/h2-4,7-10H,5H2,1H3/t7-,8-,9-,10-/m0/s1. The van der Waals surface area contributed by atoms with Gasteiger partial charge in [0.25, 0.3) is 0 Å². The average Bonchev–Trinajstić information content (AvgIpc) is 2.40. The SMILES string of the molecule is CC1=C[C@@H]2[C@@H]1[C@H]1C=C[C@H]2C1. The molecule has 52 valence electrons. The van der Waals surface area contributed by atoms with Crippen LogP contribution in [0.1, 0.15) is 13.3 Å². The zero-order valence-electron chi connectivity index (χ0n) is 6.25. The maximum absolute atomic E-state index is 2.47. The van der Waals surface area contributed by atoms with Crippen LogP contribution in [0.2, 0.25) is 0 Å². The summed E-state index contributed by atoms with van der Waals surface area (Å²) >= 11 is 0. The summed E-state index contributed by atoms with van der Waals surface area (Å²) in [6, 6.07) is 0. The second kappa shape index (κ2) is 1.39. The van der Waals surface area contributed by atoms with E-state index in [1.807, 2.05) is 0 Å². The smallest absolute Gasteiger partial charge is 0.00740 e. The van der Waals surface area contributed by atoms with Crippen molar-refractivity contribution in [2.45, 2.75) is 13.3 Å². The third kappa shape index (κ3) is 0.387. The van der Waals surface area contributed by atoms with E-state index in [-0.39, 0.29) is 0 Å². The normalized spacial score (nSPS) is 54.3. The van der Waals surface area contributed by atoms with Gasteiger partial charge in [0, 0.05) is 0 Å². The third-order valence-electron chi connectivity index (χ3n) is 3.50. The van der Waals surface area contributed by atoms with Crippen LogP contribution in [0, 0.1) is 23.7 Å². The minimum Gasteiger partial charge on any atom is -0.0845 e. The Morgan fingerprint density at radius 1 is 1.30 bits per heavy atom. The summed E-state index contributed by atoms with van der Waals surface area (Å²) < 4.78 is 0. The molecule has 0 amide bonds. The summed E-state index contributed by atoms with van der Waals surface area (Å²) in [5.41, 5.74) is 1.65. The van der Waals surface area contributed by atoms with Crippen LogP contribution in [0.5, 0.6) is 0 Å². The van der Waals surface area contributed by atoms with Gasteiger partial charge in [-0.2, -0.15) is 0 Å². The van der Waals surface area contributed by atoms with Crippen molar-refractivity contribution in [3.63, 3.8) is 0 Å². The minimum absolute atomic E-state index is 0.929. The van der Waals surface area contributed by atoms with E-state index in [1.165, 1.54) is 6.42 Å². The Kier molecular flexibility index (Phi) is 0.719. The van der Waals surface area contributed by atoms with E-state index in [9.17, 15) is 0 Å². The molecule has 0 aromatic heterocycles. The van der Waals surface area contributed by atoms with Gasteiger partial charge in [0.15, 0.2) is 0 Å².